The highest BCUT2D eigenvalue weighted by atomic mass is 16.3. The summed E-state index contributed by atoms with van der Waals surface area (Å²) in [4.78, 5) is 14.9. The van der Waals surface area contributed by atoms with Crippen LogP contribution in [0.3, 0.4) is 0 Å². The van der Waals surface area contributed by atoms with Gasteiger partial charge in [-0.3, -0.25) is 0 Å². The molecule has 6 aromatic carbocycles. The molecule has 0 N–H and O–H groups in total. The summed E-state index contributed by atoms with van der Waals surface area (Å²) in [5.74, 6) is 1.80. The van der Waals surface area contributed by atoms with E-state index in [0.29, 0.717) is 17.5 Å². The standard InChI is InChI=1S/C39H24N4O/c1-3-13-25(14-4-1)37-40-38(26-15-5-2-6-16-26)42-39(41-37)30-23-24-33(35-29-19-9-12-22-34(29)44-36(30)35)43-31-20-10-7-17-27(31)28-18-8-11-21-32(28)43/h1-24H. The smallest absolute Gasteiger partial charge is 0.167 e. The lowest BCUT2D eigenvalue weighted by Gasteiger charge is -2.12. The van der Waals surface area contributed by atoms with Crippen molar-refractivity contribution in [2.45, 2.75) is 0 Å². The van der Waals surface area contributed by atoms with Gasteiger partial charge in [0.2, 0.25) is 0 Å². The first-order valence-electron chi connectivity index (χ1n) is 14.6. The van der Waals surface area contributed by atoms with Gasteiger partial charge in [0.15, 0.2) is 17.5 Å². The van der Waals surface area contributed by atoms with Crippen molar-refractivity contribution in [1.29, 1.82) is 0 Å². The van der Waals surface area contributed by atoms with Crippen LogP contribution in [0.25, 0.3) is 83.6 Å². The summed E-state index contributed by atoms with van der Waals surface area (Å²) in [5.41, 5.74) is 7.57. The molecule has 0 amide bonds. The number of nitrogens with zero attached hydrogens (tertiary/aromatic N) is 4. The van der Waals surface area contributed by atoms with Crippen molar-refractivity contribution in [2.24, 2.45) is 0 Å². The Hall–Kier alpha value is -6.07. The zero-order chi connectivity index (χ0) is 29.0. The van der Waals surface area contributed by atoms with Crippen molar-refractivity contribution in [1.82, 2.24) is 19.5 Å². The molecule has 3 heterocycles. The van der Waals surface area contributed by atoms with Gasteiger partial charge >= 0.3 is 0 Å². The number of para-hydroxylation sites is 3. The second-order valence-electron chi connectivity index (χ2n) is 10.8. The third kappa shape index (κ3) is 3.76. The molecule has 0 spiro atoms. The van der Waals surface area contributed by atoms with Gasteiger partial charge < -0.3 is 8.98 Å². The summed E-state index contributed by atoms with van der Waals surface area (Å²) in [6.07, 6.45) is 0. The SMILES string of the molecule is c1ccc(-c2nc(-c3ccccc3)nc(-c3ccc(-n4c5ccccc5c5ccccc54)c4c3oc3ccccc34)n2)cc1. The largest absolute Gasteiger partial charge is 0.455 e. The van der Waals surface area contributed by atoms with E-state index in [-0.39, 0.29) is 0 Å². The van der Waals surface area contributed by atoms with E-state index in [1.807, 2.05) is 72.8 Å². The Kier molecular flexibility index (Phi) is 5.43. The van der Waals surface area contributed by atoms with Gasteiger partial charge in [0.25, 0.3) is 0 Å². The molecule has 5 nitrogen and oxygen atoms in total. The van der Waals surface area contributed by atoms with Gasteiger partial charge in [0.05, 0.1) is 27.7 Å². The predicted molar refractivity (Wildman–Crippen MR) is 178 cm³/mol. The first-order chi connectivity index (χ1) is 21.8. The lowest BCUT2D eigenvalue weighted by atomic mass is 10.1. The van der Waals surface area contributed by atoms with Crippen LogP contribution in [0, 0.1) is 0 Å². The van der Waals surface area contributed by atoms with Crippen molar-refractivity contribution in [3.05, 3.63) is 146 Å². The van der Waals surface area contributed by atoms with E-state index in [4.69, 9.17) is 19.4 Å². The third-order valence-electron chi connectivity index (χ3n) is 8.27. The van der Waals surface area contributed by atoms with Crippen molar-refractivity contribution in [3.8, 4) is 39.9 Å². The van der Waals surface area contributed by atoms with E-state index in [1.54, 1.807) is 0 Å². The van der Waals surface area contributed by atoms with Crippen molar-refractivity contribution in [3.63, 3.8) is 0 Å². The number of furan rings is 1. The molecule has 0 aliphatic rings. The van der Waals surface area contributed by atoms with Crippen LogP contribution in [0.2, 0.25) is 0 Å². The average Bonchev–Trinajstić information content (AvgIpc) is 3.65. The lowest BCUT2D eigenvalue weighted by Crippen LogP contribution is -2.01. The van der Waals surface area contributed by atoms with Gasteiger partial charge in [0.1, 0.15) is 11.2 Å². The fraction of sp³-hybridized carbons (Fsp3) is 0. The predicted octanol–water partition coefficient (Wildman–Crippen LogP) is 9.87. The van der Waals surface area contributed by atoms with Crippen LogP contribution in [0.15, 0.2) is 150 Å². The molecule has 206 valence electrons. The molecule has 9 aromatic rings. The zero-order valence-corrected chi connectivity index (χ0v) is 23.6. The summed E-state index contributed by atoms with van der Waals surface area (Å²) in [6.45, 7) is 0. The minimum atomic E-state index is 0.565. The first-order valence-corrected chi connectivity index (χ1v) is 14.6. The Morgan fingerprint density at radius 1 is 0.432 bits per heavy atom. The summed E-state index contributed by atoms with van der Waals surface area (Å²) in [6, 6.07) is 49.7. The number of fused-ring (bicyclic) bond motifs is 6. The molecule has 5 heteroatoms. The normalized spacial score (nSPS) is 11.6. The molecular weight excluding hydrogens is 540 g/mol. The van der Waals surface area contributed by atoms with Gasteiger partial charge in [-0.05, 0) is 30.3 Å². The molecule has 44 heavy (non-hydrogen) atoms. The molecule has 0 radical (unpaired) electrons. The minimum absolute atomic E-state index is 0.565. The highest BCUT2D eigenvalue weighted by Crippen LogP contribution is 2.42. The van der Waals surface area contributed by atoms with Crippen LogP contribution in [-0.2, 0) is 0 Å². The molecule has 0 aliphatic heterocycles. The Morgan fingerprint density at radius 2 is 0.932 bits per heavy atom. The molecule has 0 atom stereocenters. The van der Waals surface area contributed by atoms with Gasteiger partial charge in [-0.2, -0.15) is 0 Å². The summed E-state index contributed by atoms with van der Waals surface area (Å²) in [7, 11) is 0. The van der Waals surface area contributed by atoms with Crippen LogP contribution in [0.1, 0.15) is 0 Å². The van der Waals surface area contributed by atoms with E-state index in [0.717, 1.165) is 55.3 Å². The van der Waals surface area contributed by atoms with E-state index < -0.39 is 0 Å². The minimum Gasteiger partial charge on any atom is -0.455 e. The van der Waals surface area contributed by atoms with Gasteiger partial charge in [0, 0.05) is 27.3 Å². The van der Waals surface area contributed by atoms with Crippen LogP contribution < -0.4 is 0 Å². The Balaban J connectivity index is 1.37. The molecule has 0 aliphatic carbocycles. The Morgan fingerprint density at radius 3 is 1.55 bits per heavy atom. The highest BCUT2D eigenvalue weighted by Gasteiger charge is 2.22. The van der Waals surface area contributed by atoms with Gasteiger partial charge in [-0.25, -0.2) is 15.0 Å². The monoisotopic (exact) mass is 564 g/mol. The fourth-order valence-electron chi connectivity index (χ4n) is 6.28. The number of rotatable bonds is 4. The first kappa shape index (κ1) is 24.5. The Labute approximate surface area is 252 Å². The molecule has 0 fully saturated rings. The molecule has 0 saturated heterocycles. The number of hydrogen-bond donors (Lipinski definition) is 0. The lowest BCUT2D eigenvalue weighted by molar-refractivity contribution is 0.669. The molecular formula is C39H24N4O. The summed E-state index contributed by atoms with van der Waals surface area (Å²) < 4.78 is 9.02. The van der Waals surface area contributed by atoms with Crippen molar-refractivity contribution in [2.75, 3.05) is 0 Å². The zero-order valence-electron chi connectivity index (χ0n) is 23.6. The topological polar surface area (TPSA) is 56.7 Å². The third-order valence-corrected chi connectivity index (χ3v) is 8.27. The van der Waals surface area contributed by atoms with Crippen LogP contribution in [0.5, 0.6) is 0 Å². The second kappa shape index (κ2) is 9.75. The highest BCUT2D eigenvalue weighted by molar-refractivity contribution is 6.16. The maximum absolute atomic E-state index is 6.68. The summed E-state index contributed by atoms with van der Waals surface area (Å²) in [5, 5.41) is 4.49. The summed E-state index contributed by atoms with van der Waals surface area (Å²) >= 11 is 0. The average molecular weight is 565 g/mol. The van der Waals surface area contributed by atoms with Crippen LogP contribution in [-0.4, -0.2) is 19.5 Å². The number of benzene rings is 6. The molecule has 0 saturated carbocycles. The van der Waals surface area contributed by atoms with Crippen LogP contribution in [0.4, 0.5) is 0 Å². The van der Waals surface area contributed by atoms with Gasteiger partial charge in [-0.1, -0.05) is 115 Å². The fourth-order valence-corrected chi connectivity index (χ4v) is 6.28. The van der Waals surface area contributed by atoms with E-state index in [2.05, 4.69) is 77.4 Å². The molecule has 3 aromatic heterocycles. The maximum atomic E-state index is 6.68. The van der Waals surface area contributed by atoms with E-state index >= 15 is 0 Å². The maximum Gasteiger partial charge on any atom is 0.167 e. The van der Waals surface area contributed by atoms with Crippen molar-refractivity contribution < 1.29 is 4.42 Å². The Bertz CT molecular complexity index is 2380. The second-order valence-corrected chi connectivity index (χ2v) is 10.8. The van der Waals surface area contributed by atoms with E-state index in [1.165, 1.54) is 10.8 Å². The van der Waals surface area contributed by atoms with E-state index in [9.17, 15) is 0 Å². The quantitative estimate of drug-likeness (QED) is 0.213. The molecule has 0 bridgehead atoms. The van der Waals surface area contributed by atoms with Crippen molar-refractivity contribution >= 4 is 43.7 Å². The molecule has 0 unspecified atom stereocenters. The molecule has 9 rings (SSSR count). The van der Waals surface area contributed by atoms with Gasteiger partial charge in [-0.15, -0.1) is 0 Å². The number of hydrogen-bond acceptors (Lipinski definition) is 4. The van der Waals surface area contributed by atoms with Crippen LogP contribution >= 0.6 is 0 Å². The number of aromatic nitrogens is 4.